The molecule has 1 fully saturated rings. The lowest BCUT2D eigenvalue weighted by molar-refractivity contribution is -0.183. The second kappa shape index (κ2) is 5.01. The summed E-state index contributed by atoms with van der Waals surface area (Å²) >= 11 is 0. The average molecular weight is 241 g/mol. The molecule has 1 rings (SSSR count). The molecule has 2 N–H and O–H groups in total. The van der Waals surface area contributed by atoms with Gasteiger partial charge in [-0.3, -0.25) is 4.79 Å². The van der Waals surface area contributed by atoms with E-state index in [2.05, 4.69) is 0 Å². The summed E-state index contributed by atoms with van der Waals surface area (Å²) in [7, 11) is 0. The van der Waals surface area contributed by atoms with E-state index < -0.39 is 30.6 Å². The van der Waals surface area contributed by atoms with Crippen molar-refractivity contribution in [3.05, 3.63) is 0 Å². The van der Waals surface area contributed by atoms with Gasteiger partial charge in [0.1, 0.15) is 0 Å². The fourth-order valence-corrected chi connectivity index (χ4v) is 1.95. The molecule has 0 saturated carbocycles. The second-order valence-electron chi connectivity index (χ2n) is 3.99. The van der Waals surface area contributed by atoms with E-state index in [4.69, 9.17) is 10.2 Å². The Morgan fingerprint density at radius 2 is 2.00 bits per heavy atom. The fraction of sp³-hybridized carbons (Fsp3) is 0.889. The molecule has 0 spiro atoms. The van der Waals surface area contributed by atoms with Crippen LogP contribution >= 0.6 is 0 Å². The summed E-state index contributed by atoms with van der Waals surface area (Å²) in [5, 5.41) is 17.3. The van der Waals surface area contributed by atoms with Gasteiger partial charge in [0, 0.05) is 32.2 Å². The number of likely N-dealkylation sites (tertiary alicyclic amines) is 1. The Hall–Kier alpha value is -0.820. The van der Waals surface area contributed by atoms with Gasteiger partial charge in [0.2, 0.25) is 0 Å². The zero-order valence-electron chi connectivity index (χ0n) is 8.57. The van der Waals surface area contributed by atoms with Crippen LogP contribution in [-0.4, -0.2) is 53.5 Å². The van der Waals surface area contributed by atoms with E-state index in [1.54, 1.807) is 0 Å². The van der Waals surface area contributed by atoms with Crippen molar-refractivity contribution < 1.29 is 28.2 Å². The number of hydrogen-bond acceptors (Lipinski definition) is 3. The van der Waals surface area contributed by atoms with Crippen LogP contribution in [0.5, 0.6) is 0 Å². The number of carboxylic acid groups (broad SMARTS) is 1. The Morgan fingerprint density at radius 1 is 1.38 bits per heavy atom. The predicted molar refractivity (Wildman–Crippen MR) is 48.8 cm³/mol. The lowest BCUT2D eigenvalue weighted by Crippen LogP contribution is -2.31. The van der Waals surface area contributed by atoms with Crippen LogP contribution in [0.15, 0.2) is 0 Å². The third-order valence-corrected chi connectivity index (χ3v) is 2.81. The number of aliphatic hydroxyl groups is 1. The number of carboxylic acids is 1. The molecule has 0 aromatic carbocycles. The summed E-state index contributed by atoms with van der Waals surface area (Å²) in [4.78, 5) is 11.7. The van der Waals surface area contributed by atoms with Crippen molar-refractivity contribution in [1.29, 1.82) is 0 Å². The molecule has 0 bridgehead atoms. The number of nitrogens with zero attached hydrogens (tertiary/aromatic N) is 1. The van der Waals surface area contributed by atoms with Crippen LogP contribution in [0.3, 0.4) is 0 Å². The molecule has 1 aliphatic rings. The van der Waals surface area contributed by atoms with Crippen molar-refractivity contribution in [2.24, 2.45) is 11.8 Å². The summed E-state index contributed by atoms with van der Waals surface area (Å²) in [5.41, 5.74) is 0. The minimum absolute atomic E-state index is 0.0956. The van der Waals surface area contributed by atoms with Gasteiger partial charge in [-0.2, -0.15) is 13.2 Å². The quantitative estimate of drug-likeness (QED) is 0.755. The van der Waals surface area contributed by atoms with Crippen molar-refractivity contribution >= 4 is 5.97 Å². The molecule has 0 aromatic rings. The number of aliphatic carboxylic acids is 1. The number of halogens is 3. The van der Waals surface area contributed by atoms with Gasteiger partial charge in [0.25, 0.3) is 0 Å². The molecule has 0 aromatic heterocycles. The lowest BCUT2D eigenvalue weighted by Gasteiger charge is -2.19. The zero-order chi connectivity index (χ0) is 12.3. The smallest absolute Gasteiger partial charge is 0.393 e. The van der Waals surface area contributed by atoms with Gasteiger partial charge in [0.05, 0.1) is 12.3 Å². The Balaban J connectivity index is 2.53. The molecule has 16 heavy (non-hydrogen) atoms. The Labute approximate surface area is 90.7 Å². The minimum atomic E-state index is -4.33. The molecule has 4 nitrogen and oxygen atoms in total. The molecule has 1 saturated heterocycles. The van der Waals surface area contributed by atoms with E-state index in [0.29, 0.717) is 0 Å². The number of rotatable bonds is 4. The normalized spacial score (nSPS) is 27.2. The van der Waals surface area contributed by atoms with Crippen molar-refractivity contribution in [2.45, 2.75) is 12.6 Å². The van der Waals surface area contributed by atoms with Crippen molar-refractivity contribution in [3.8, 4) is 0 Å². The molecular weight excluding hydrogens is 227 g/mol. The third-order valence-electron chi connectivity index (χ3n) is 2.81. The average Bonchev–Trinajstić information content (AvgIpc) is 2.57. The third kappa shape index (κ3) is 3.34. The zero-order valence-corrected chi connectivity index (χ0v) is 8.57. The molecule has 1 heterocycles. The molecule has 7 heteroatoms. The van der Waals surface area contributed by atoms with E-state index in [-0.39, 0.29) is 26.1 Å². The molecule has 0 radical (unpaired) electrons. The SMILES string of the molecule is O=C(O)CCN1C[C@H](CO)[C@@H](C(F)(F)F)C1. The number of aliphatic hydroxyl groups excluding tert-OH is 1. The minimum Gasteiger partial charge on any atom is -0.481 e. The van der Waals surface area contributed by atoms with Gasteiger partial charge in [-0.05, 0) is 0 Å². The van der Waals surface area contributed by atoms with Crippen LogP contribution in [0.25, 0.3) is 0 Å². The highest BCUT2D eigenvalue weighted by molar-refractivity contribution is 5.66. The standard InChI is InChI=1S/C9H14F3NO3/c10-9(11,12)7-4-13(2-1-8(15)16)3-6(7)5-14/h6-7,14H,1-5H2,(H,15,16)/t6-,7+/m1/s1. The van der Waals surface area contributed by atoms with Crippen molar-refractivity contribution in [2.75, 3.05) is 26.2 Å². The molecule has 1 aliphatic heterocycles. The van der Waals surface area contributed by atoms with Gasteiger partial charge in [-0.25, -0.2) is 0 Å². The molecule has 0 amide bonds. The maximum Gasteiger partial charge on any atom is 0.393 e. The molecule has 0 unspecified atom stereocenters. The first kappa shape index (κ1) is 13.2. The van der Waals surface area contributed by atoms with Crippen LogP contribution < -0.4 is 0 Å². The fourth-order valence-electron chi connectivity index (χ4n) is 1.95. The summed E-state index contributed by atoms with van der Waals surface area (Å²) in [6.07, 6.45) is -4.51. The van der Waals surface area contributed by atoms with Gasteiger partial charge in [-0.15, -0.1) is 0 Å². The first-order valence-corrected chi connectivity index (χ1v) is 4.96. The summed E-state index contributed by atoms with van der Waals surface area (Å²) in [5.74, 6) is -3.42. The summed E-state index contributed by atoms with van der Waals surface area (Å²) < 4.78 is 37.5. The Morgan fingerprint density at radius 3 is 2.38 bits per heavy atom. The highest BCUT2D eigenvalue weighted by Crippen LogP contribution is 2.37. The first-order chi connectivity index (χ1) is 7.34. The van der Waals surface area contributed by atoms with Crippen LogP contribution in [0, 0.1) is 11.8 Å². The predicted octanol–water partition coefficient (Wildman–Crippen LogP) is 0.564. The number of alkyl halides is 3. The van der Waals surface area contributed by atoms with E-state index in [9.17, 15) is 18.0 Å². The van der Waals surface area contributed by atoms with Crippen LogP contribution in [0.1, 0.15) is 6.42 Å². The van der Waals surface area contributed by atoms with Crippen molar-refractivity contribution in [3.63, 3.8) is 0 Å². The first-order valence-electron chi connectivity index (χ1n) is 4.96. The van der Waals surface area contributed by atoms with E-state index in [1.807, 2.05) is 0 Å². The highest BCUT2D eigenvalue weighted by atomic mass is 19.4. The van der Waals surface area contributed by atoms with E-state index in [0.717, 1.165) is 0 Å². The van der Waals surface area contributed by atoms with Gasteiger partial charge >= 0.3 is 12.1 Å². The lowest BCUT2D eigenvalue weighted by atomic mass is 9.97. The van der Waals surface area contributed by atoms with E-state index in [1.165, 1.54) is 4.90 Å². The monoisotopic (exact) mass is 241 g/mol. The molecule has 94 valence electrons. The molecule has 0 aliphatic carbocycles. The van der Waals surface area contributed by atoms with Crippen molar-refractivity contribution in [1.82, 2.24) is 4.90 Å². The van der Waals surface area contributed by atoms with Gasteiger partial charge < -0.3 is 15.1 Å². The number of hydrogen-bond donors (Lipinski definition) is 2. The maximum absolute atomic E-state index is 12.5. The Bertz CT molecular complexity index is 257. The summed E-state index contributed by atoms with van der Waals surface area (Å²) in [6.45, 7) is -0.540. The summed E-state index contributed by atoms with van der Waals surface area (Å²) in [6, 6.07) is 0. The largest absolute Gasteiger partial charge is 0.481 e. The molecule has 2 atom stereocenters. The van der Waals surface area contributed by atoms with Crippen LogP contribution in [0.4, 0.5) is 13.2 Å². The molecular formula is C9H14F3NO3. The van der Waals surface area contributed by atoms with Gasteiger partial charge in [0.15, 0.2) is 0 Å². The van der Waals surface area contributed by atoms with E-state index >= 15 is 0 Å². The van der Waals surface area contributed by atoms with Crippen LogP contribution in [0.2, 0.25) is 0 Å². The topological polar surface area (TPSA) is 60.8 Å². The second-order valence-corrected chi connectivity index (χ2v) is 3.99. The number of carbonyl (C=O) groups is 1. The van der Waals surface area contributed by atoms with Gasteiger partial charge in [-0.1, -0.05) is 0 Å². The van der Waals surface area contributed by atoms with Crippen LogP contribution in [-0.2, 0) is 4.79 Å². The highest BCUT2D eigenvalue weighted by Gasteiger charge is 2.49. The maximum atomic E-state index is 12.5. The Kier molecular flexibility index (Phi) is 4.15.